The van der Waals surface area contributed by atoms with Crippen LogP contribution in [0.4, 0.5) is 0 Å². The lowest BCUT2D eigenvalue weighted by atomic mass is 10.1. The van der Waals surface area contributed by atoms with Gasteiger partial charge in [0.1, 0.15) is 6.10 Å². The van der Waals surface area contributed by atoms with Crippen molar-refractivity contribution < 1.29 is 19.1 Å². The summed E-state index contributed by atoms with van der Waals surface area (Å²) in [6.45, 7) is 12.2. The molecule has 0 radical (unpaired) electrons. The van der Waals surface area contributed by atoms with Crippen LogP contribution in [0.3, 0.4) is 0 Å². The summed E-state index contributed by atoms with van der Waals surface area (Å²) in [5.41, 5.74) is 0. The van der Waals surface area contributed by atoms with Crippen LogP contribution in [0.5, 0.6) is 0 Å². The number of unbranched alkanes of at least 4 members (excludes halogenated alkanes) is 12. The first-order chi connectivity index (χ1) is 14.5. The highest BCUT2D eigenvalue weighted by Gasteiger charge is 2.61. The van der Waals surface area contributed by atoms with Crippen molar-refractivity contribution in [2.75, 3.05) is 26.2 Å². The van der Waals surface area contributed by atoms with Gasteiger partial charge in [-0.05, 0) is 39.5 Å². The van der Waals surface area contributed by atoms with Crippen LogP contribution >= 0.6 is 0 Å². The number of nitrogens with zero attached hydrogens (tertiary/aromatic N) is 1. The molecule has 3 atom stereocenters. The Morgan fingerprint density at radius 3 is 1.67 bits per heavy atom. The van der Waals surface area contributed by atoms with E-state index in [0.29, 0.717) is 0 Å². The first-order valence-electron chi connectivity index (χ1n) is 13.3. The fourth-order valence-corrected chi connectivity index (χ4v) is 5.68. The number of rotatable bonds is 17. The Labute approximate surface area is 187 Å². The number of aliphatic hydroxyl groups excluding tert-OH is 1. The van der Waals surface area contributed by atoms with E-state index >= 15 is 0 Å². The minimum atomic E-state index is -0.521. The lowest BCUT2D eigenvalue weighted by Crippen LogP contribution is -2.55. The number of ether oxygens (including phenoxy) is 2. The average molecular weight is 427 g/mol. The van der Waals surface area contributed by atoms with Crippen LogP contribution in [0, 0.1) is 5.92 Å². The summed E-state index contributed by atoms with van der Waals surface area (Å²) >= 11 is 0. The van der Waals surface area contributed by atoms with Gasteiger partial charge in [-0.15, -0.1) is 0 Å². The molecule has 2 aliphatic heterocycles. The van der Waals surface area contributed by atoms with Gasteiger partial charge >= 0.3 is 0 Å². The molecule has 0 bridgehead atoms. The van der Waals surface area contributed by atoms with Crippen LogP contribution in [0.2, 0.25) is 0 Å². The van der Waals surface area contributed by atoms with Crippen LogP contribution < -0.4 is 0 Å². The van der Waals surface area contributed by atoms with E-state index in [2.05, 4.69) is 13.8 Å². The summed E-state index contributed by atoms with van der Waals surface area (Å²) in [6, 6.07) is 0. The van der Waals surface area contributed by atoms with Crippen LogP contribution in [0.15, 0.2) is 0 Å². The number of hydrogen-bond acceptors (Lipinski definition) is 3. The highest BCUT2D eigenvalue weighted by molar-refractivity contribution is 4.88. The lowest BCUT2D eigenvalue weighted by Gasteiger charge is -2.39. The number of likely N-dealkylation sites (tertiary alicyclic amines) is 1. The molecule has 0 aliphatic carbocycles. The molecule has 2 fully saturated rings. The Hall–Kier alpha value is -0.160. The van der Waals surface area contributed by atoms with Crippen molar-refractivity contribution >= 4 is 0 Å². The molecule has 178 valence electrons. The average Bonchev–Trinajstić information content (AvgIpc) is 3.18. The Balaban J connectivity index is 1.89. The summed E-state index contributed by atoms with van der Waals surface area (Å²) < 4.78 is 13.8. The first kappa shape index (κ1) is 26.1. The monoisotopic (exact) mass is 426 g/mol. The lowest BCUT2D eigenvalue weighted by molar-refractivity contribution is -0.961. The SMILES string of the molecule is CCCCCCCCC[N+]1(CCCCCCCCC)C[C@H](CO)[C@H]2OC(C)(C)O[C@@H]21. The molecule has 4 heteroatoms. The summed E-state index contributed by atoms with van der Waals surface area (Å²) in [5.74, 6) is -0.307. The maximum atomic E-state index is 10.1. The van der Waals surface area contributed by atoms with Gasteiger partial charge in [-0.25, -0.2) is 0 Å². The van der Waals surface area contributed by atoms with Crippen molar-refractivity contribution in [1.29, 1.82) is 0 Å². The molecule has 2 rings (SSSR count). The van der Waals surface area contributed by atoms with Crippen LogP contribution in [-0.4, -0.2) is 53.9 Å². The zero-order valence-corrected chi connectivity index (χ0v) is 20.7. The predicted octanol–water partition coefficient (Wildman–Crippen LogP) is 6.40. The fourth-order valence-electron chi connectivity index (χ4n) is 5.68. The van der Waals surface area contributed by atoms with Gasteiger partial charge in [0.2, 0.25) is 6.23 Å². The van der Waals surface area contributed by atoms with E-state index in [9.17, 15) is 5.11 Å². The first-order valence-corrected chi connectivity index (χ1v) is 13.3. The third kappa shape index (κ3) is 7.76. The predicted molar refractivity (Wildman–Crippen MR) is 125 cm³/mol. The highest BCUT2D eigenvalue weighted by Crippen LogP contribution is 2.44. The Bertz CT molecular complexity index is 436. The fraction of sp³-hybridized carbons (Fsp3) is 1.00. The van der Waals surface area contributed by atoms with Crippen LogP contribution in [-0.2, 0) is 9.47 Å². The minimum Gasteiger partial charge on any atom is -0.396 e. The van der Waals surface area contributed by atoms with Gasteiger partial charge in [0.15, 0.2) is 5.79 Å². The van der Waals surface area contributed by atoms with Gasteiger partial charge in [0.05, 0.1) is 32.2 Å². The minimum absolute atomic E-state index is 0.0547. The molecule has 0 unspecified atom stereocenters. The number of hydrogen-bond donors (Lipinski definition) is 1. The molecule has 1 N–H and O–H groups in total. The largest absolute Gasteiger partial charge is 0.396 e. The quantitative estimate of drug-likeness (QED) is 0.216. The van der Waals surface area contributed by atoms with Gasteiger partial charge < -0.3 is 9.84 Å². The molecule has 0 saturated carbocycles. The molecule has 2 saturated heterocycles. The highest BCUT2D eigenvalue weighted by atomic mass is 16.8. The van der Waals surface area contributed by atoms with E-state index in [0.717, 1.165) is 11.0 Å². The summed E-state index contributed by atoms with van der Waals surface area (Å²) in [6.07, 6.45) is 19.0. The molecule has 0 aromatic heterocycles. The maximum absolute atomic E-state index is 10.1. The van der Waals surface area contributed by atoms with E-state index < -0.39 is 5.79 Å². The molecule has 2 aliphatic rings. The van der Waals surface area contributed by atoms with E-state index in [1.54, 1.807) is 0 Å². The number of quaternary nitrogens is 1. The summed E-state index contributed by atoms with van der Waals surface area (Å²) in [4.78, 5) is 0. The molecular weight excluding hydrogens is 374 g/mol. The van der Waals surface area contributed by atoms with E-state index in [1.165, 1.54) is 103 Å². The maximum Gasteiger partial charge on any atom is 0.223 e. The second kappa shape index (κ2) is 13.4. The Kier molecular flexibility index (Phi) is 11.7. The third-order valence-electron chi connectivity index (χ3n) is 7.36. The summed E-state index contributed by atoms with van der Waals surface area (Å²) in [7, 11) is 0. The van der Waals surface area contributed by atoms with Gasteiger partial charge in [-0.1, -0.05) is 78.1 Å². The van der Waals surface area contributed by atoms with Crippen molar-refractivity contribution in [3.63, 3.8) is 0 Å². The number of aliphatic hydroxyl groups is 1. The Morgan fingerprint density at radius 1 is 0.733 bits per heavy atom. The van der Waals surface area contributed by atoms with Crippen LogP contribution in [0.25, 0.3) is 0 Å². The third-order valence-corrected chi connectivity index (χ3v) is 7.36. The second-order valence-electron chi connectivity index (χ2n) is 10.5. The van der Waals surface area contributed by atoms with E-state index in [4.69, 9.17) is 9.47 Å². The molecule has 2 heterocycles. The molecule has 0 amide bonds. The van der Waals surface area contributed by atoms with Gasteiger partial charge in [0, 0.05) is 0 Å². The van der Waals surface area contributed by atoms with Crippen LogP contribution in [0.1, 0.15) is 118 Å². The molecule has 0 spiro atoms. The molecule has 4 nitrogen and oxygen atoms in total. The molecular formula is C26H52NO3+. The van der Waals surface area contributed by atoms with E-state index in [-0.39, 0.29) is 24.9 Å². The second-order valence-corrected chi connectivity index (χ2v) is 10.5. The Morgan fingerprint density at radius 2 is 1.20 bits per heavy atom. The zero-order valence-electron chi connectivity index (χ0n) is 20.7. The van der Waals surface area contributed by atoms with E-state index in [1.807, 2.05) is 13.8 Å². The van der Waals surface area contributed by atoms with Crippen molar-refractivity contribution in [3.05, 3.63) is 0 Å². The molecule has 0 aromatic rings. The van der Waals surface area contributed by atoms with Crippen molar-refractivity contribution in [1.82, 2.24) is 0 Å². The van der Waals surface area contributed by atoms with Crippen molar-refractivity contribution in [3.8, 4) is 0 Å². The zero-order chi connectivity index (χ0) is 21.9. The standard InChI is InChI=1S/C26H52NO3/c1-5-7-9-11-13-15-17-19-27(20-18-16-14-12-10-8-6-2)21-23(22-28)24-25(27)30-26(3,4)29-24/h23-25,28H,5-22H2,1-4H3/q+1/t23-,24-,25+/m1/s1. The van der Waals surface area contributed by atoms with Crippen molar-refractivity contribution in [2.24, 2.45) is 5.92 Å². The summed E-state index contributed by atoms with van der Waals surface area (Å²) in [5, 5.41) is 10.1. The topological polar surface area (TPSA) is 38.7 Å². The smallest absolute Gasteiger partial charge is 0.223 e. The van der Waals surface area contributed by atoms with Gasteiger partial charge in [-0.2, -0.15) is 0 Å². The normalized spacial score (nSPS) is 26.9. The van der Waals surface area contributed by atoms with Gasteiger partial charge in [0.25, 0.3) is 0 Å². The molecule has 0 aromatic carbocycles. The van der Waals surface area contributed by atoms with Crippen molar-refractivity contribution in [2.45, 2.75) is 136 Å². The number of fused-ring (bicyclic) bond motifs is 1. The van der Waals surface area contributed by atoms with Gasteiger partial charge in [-0.3, -0.25) is 9.22 Å². The molecule has 30 heavy (non-hydrogen) atoms.